The highest BCUT2D eigenvalue weighted by Crippen LogP contribution is 2.22. The molecule has 1 rings (SSSR count). The Balaban J connectivity index is 3.09. The van der Waals surface area contributed by atoms with Crippen LogP contribution in [-0.2, 0) is 0 Å². The first kappa shape index (κ1) is 9.04. The van der Waals surface area contributed by atoms with Crippen molar-refractivity contribution in [1.82, 2.24) is 4.98 Å². The molecule has 2 nitrogen and oxygen atoms in total. The number of nitrogens with zero attached hydrogens (tertiary/aromatic N) is 2. The van der Waals surface area contributed by atoms with Gasteiger partial charge in [-0.1, -0.05) is 13.8 Å². The highest BCUT2D eigenvalue weighted by atomic mass is 15.1. The predicted molar refractivity (Wildman–Crippen MR) is 52.7 cm³/mol. The highest BCUT2D eigenvalue weighted by molar-refractivity contribution is 5.50. The van der Waals surface area contributed by atoms with E-state index in [2.05, 4.69) is 29.8 Å². The fourth-order valence-electron chi connectivity index (χ4n) is 1.23. The van der Waals surface area contributed by atoms with Crippen LogP contribution in [0.3, 0.4) is 0 Å². The van der Waals surface area contributed by atoms with Crippen molar-refractivity contribution >= 4 is 5.69 Å². The van der Waals surface area contributed by atoms with Gasteiger partial charge in [-0.2, -0.15) is 0 Å². The van der Waals surface area contributed by atoms with Crippen LogP contribution in [-0.4, -0.2) is 19.1 Å². The summed E-state index contributed by atoms with van der Waals surface area (Å²) in [6.07, 6.45) is 1.85. The zero-order chi connectivity index (χ0) is 9.14. The zero-order valence-electron chi connectivity index (χ0n) is 8.20. The van der Waals surface area contributed by atoms with Crippen molar-refractivity contribution < 1.29 is 0 Å². The Morgan fingerprint density at radius 3 is 2.42 bits per heavy atom. The summed E-state index contributed by atoms with van der Waals surface area (Å²) >= 11 is 0. The van der Waals surface area contributed by atoms with Gasteiger partial charge in [0.2, 0.25) is 0 Å². The molecule has 12 heavy (non-hydrogen) atoms. The van der Waals surface area contributed by atoms with Crippen molar-refractivity contribution in [1.29, 1.82) is 0 Å². The summed E-state index contributed by atoms with van der Waals surface area (Å²) in [5, 5.41) is 0. The standard InChI is InChI=1S/C10H16N2/c1-8(2)10-9(12(3)4)6-5-7-11-10/h5-8H,1-4H3. The molecule has 1 heterocycles. The number of hydrogen-bond donors (Lipinski definition) is 0. The summed E-state index contributed by atoms with van der Waals surface area (Å²) < 4.78 is 0. The number of aromatic nitrogens is 1. The molecule has 0 saturated heterocycles. The Morgan fingerprint density at radius 2 is 2.00 bits per heavy atom. The Hall–Kier alpha value is -1.05. The van der Waals surface area contributed by atoms with Gasteiger partial charge in [0.1, 0.15) is 0 Å². The van der Waals surface area contributed by atoms with Crippen LogP contribution in [0, 0.1) is 0 Å². The Bertz CT molecular complexity index is 227. The van der Waals surface area contributed by atoms with Gasteiger partial charge in [-0.3, -0.25) is 4.98 Å². The van der Waals surface area contributed by atoms with Gasteiger partial charge in [-0.25, -0.2) is 0 Å². The summed E-state index contributed by atoms with van der Waals surface area (Å²) in [4.78, 5) is 6.46. The molecular weight excluding hydrogens is 148 g/mol. The molecule has 0 saturated carbocycles. The van der Waals surface area contributed by atoms with Crippen LogP contribution in [0.15, 0.2) is 18.3 Å². The molecule has 0 aliphatic heterocycles. The van der Waals surface area contributed by atoms with Gasteiger partial charge >= 0.3 is 0 Å². The summed E-state index contributed by atoms with van der Waals surface area (Å²) in [6, 6.07) is 4.07. The second-order valence-electron chi connectivity index (χ2n) is 3.46. The van der Waals surface area contributed by atoms with Crippen molar-refractivity contribution in [2.75, 3.05) is 19.0 Å². The molecule has 0 fully saturated rings. The van der Waals surface area contributed by atoms with E-state index in [1.807, 2.05) is 26.4 Å². The van der Waals surface area contributed by atoms with Crippen LogP contribution in [0.25, 0.3) is 0 Å². The minimum absolute atomic E-state index is 0.489. The van der Waals surface area contributed by atoms with Crippen molar-refractivity contribution in [3.63, 3.8) is 0 Å². The van der Waals surface area contributed by atoms with Crippen molar-refractivity contribution in [3.8, 4) is 0 Å². The molecule has 1 aromatic rings. The highest BCUT2D eigenvalue weighted by Gasteiger charge is 2.07. The molecule has 0 aliphatic carbocycles. The second kappa shape index (κ2) is 3.57. The molecule has 1 aromatic heterocycles. The molecule has 0 bridgehead atoms. The van der Waals surface area contributed by atoms with Crippen LogP contribution in [0.1, 0.15) is 25.5 Å². The smallest absolute Gasteiger partial charge is 0.0661 e. The minimum Gasteiger partial charge on any atom is -0.376 e. The topological polar surface area (TPSA) is 16.1 Å². The quantitative estimate of drug-likeness (QED) is 0.666. The first-order valence-electron chi connectivity index (χ1n) is 4.25. The monoisotopic (exact) mass is 164 g/mol. The number of hydrogen-bond acceptors (Lipinski definition) is 2. The molecule has 0 spiro atoms. The van der Waals surface area contributed by atoms with E-state index in [1.54, 1.807) is 0 Å². The van der Waals surface area contributed by atoms with Crippen molar-refractivity contribution in [2.24, 2.45) is 0 Å². The Labute approximate surface area is 74.2 Å². The zero-order valence-corrected chi connectivity index (χ0v) is 8.20. The Kier molecular flexibility index (Phi) is 2.69. The second-order valence-corrected chi connectivity index (χ2v) is 3.46. The predicted octanol–water partition coefficient (Wildman–Crippen LogP) is 2.27. The van der Waals surface area contributed by atoms with E-state index < -0.39 is 0 Å². The van der Waals surface area contributed by atoms with E-state index in [4.69, 9.17) is 0 Å². The molecule has 0 unspecified atom stereocenters. The lowest BCUT2D eigenvalue weighted by atomic mass is 10.1. The fourth-order valence-corrected chi connectivity index (χ4v) is 1.23. The van der Waals surface area contributed by atoms with Gasteiger partial charge in [0, 0.05) is 20.3 Å². The van der Waals surface area contributed by atoms with E-state index in [0.717, 1.165) is 0 Å². The summed E-state index contributed by atoms with van der Waals surface area (Å²) in [6.45, 7) is 4.32. The van der Waals surface area contributed by atoms with Crippen LogP contribution in [0.2, 0.25) is 0 Å². The third-order valence-corrected chi connectivity index (χ3v) is 1.84. The molecule has 2 heteroatoms. The lowest BCUT2D eigenvalue weighted by Gasteiger charge is -2.17. The number of pyridine rings is 1. The SMILES string of the molecule is CC(C)c1ncccc1N(C)C. The average molecular weight is 164 g/mol. The maximum atomic E-state index is 4.36. The van der Waals surface area contributed by atoms with Gasteiger partial charge in [-0.05, 0) is 18.1 Å². The van der Waals surface area contributed by atoms with Gasteiger partial charge in [0.05, 0.1) is 11.4 Å². The lowest BCUT2D eigenvalue weighted by Crippen LogP contribution is -2.12. The number of anilines is 1. The largest absolute Gasteiger partial charge is 0.376 e. The Morgan fingerprint density at radius 1 is 1.33 bits per heavy atom. The minimum atomic E-state index is 0.489. The van der Waals surface area contributed by atoms with E-state index >= 15 is 0 Å². The maximum absolute atomic E-state index is 4.36. The summed E-state index contributed by atoms with van der Waals surface area (Å²) in [7, 11) is 4.09. The summed E-state index contributed by atoms with van der Waals surface area (Å²) in [5.41, 5.74) is 2.38. The molecule has 66 valence electrons. The van der Waals surface area contributed by atoms with E-state index in [1.165, 1.54) is 11.4 Å². The normalized spacial score (nSPS) is 10.4. The van der Waals surface area contributed by atoms with Crippen molar-refractivity contribution in [2.45, 2.75) is 19.8 Å². The van der Waals surface area contributed by atoms with Crippen LogP contribution in [0.5, 0.6) is 0 Å². The average Bonchev–Trinajstić information content (AvgIpc) is 2.04. The molecule has 0 amide bonds. The fraction of sp³-hybridized carbons (Fsp3) is 0.500. The van der Waals surface area contributed by atoms with Gasteiger partial charge in [-0.15, -0.1) is 0 Å². The van der Waals surface area contributed by atoms with Crippen LogP contribution in [0.4, 0.5) is 5.69 Å². The van der Waals surface area contributed by atoms with Crippen LogP contribution >= 0.6 is 0 Å². The third kappa shape index (κ3) is 1.76. The van der Waals surface area contributed by atoms with E-state index in [9.17, 15) is 0 Å². The third-order valence-electron chi connectivity index (χ3n) is 1.84. The molecule has 0 radical (unpaired) electrons. The molecule has 0 aromatic carbocycles. The first-order valence-corrected chi connectivity index (χ1v) is 4.25. The maximum Gasteiger partial charge on any atom is 0.0661 e. The van der Waals surface area contributed by atoms with Gasteiger partial charge in [0.25, 0.3) is 0 Å². The molecular formula is C10H16N2. The van der Waals surface area contributed by atoms with Gasteiger partial charge in [0.15, 0.2) is 0 Å². The molecule has 0 N–H and O–H groups in total. The van der Waals surface area contributed by atoms with Crippen LogP contribution < -0.4 is 4.90 Å². The molecule has 0 aliphatic rings. The van der Waals surface area contributed by atoms with E-state index in [0.29, 0.717) is 5.92 Å². The first-order chi connectivity index (χ1) is 5.63. The van der Waals surface area contributed by atoms with Crippen molar-refractivity contribution in [3.05, 3.63) is 24.0 Å². The van der Waals surface area contributed by atoms with E-state index in [-0.39, 0.29) is 0 Å². The molecule has 0 atom stereocenters. The summed E-state index contributed by atoms with van der Waals surface area (Å²) in [5.74, 6) is 0.489. The number of rotatable bonds is 2. The lowest BCUT2D eigenvalue weighted by molar-refractivity contribution is 0.815. The van der Waals surface area contributed by atoms with Gasteiger partial charge < -0.3 is 4.90 Å².